The van der Waals surface area contributed by atoms with E-state index in [1.807, 2.05) is 36.4 Å². The minimum absolute atomic E-state index is 0.0210. The number of hydrogen-bond donors (Lipinski definition) is 2. The maximum atomic E-state index is 13.5. The van der Waals surface area contributed by atoms with Crippen molar-refractivity contribution in [3.63, 3.8) is 0 Å². The third kappa shape index (κ3) is 5.10. The summed E-state index contributed by atoms with van der Waals surface area (Å²) < 4.78 is 13.5. The number of rotatable bonds is 7. The van der Waals surface area contributed by atoms with Gasteiger partial charge >= 0.3 is 0 Å². The zero-order valence-corrected chi connectivity index (χ0v) is 17.4. The van der Waals surface area contributed by atoms with Gasteiger partial charge in [-0.2, -0.15) is 0 Å². The van der Waals surface area contributed by atoms with Gasteiger partial charge in [-0.15, -0.1) is 0 Å². The van der Waals surface area contributed by atoms with Gasteiger partial charge in [-0.25, -0.2) is 14.4 Å². The highest BCUT2D eigenvalue weighted by atomic mass is 35.5. The van der Waals surface area contributed by atoms with Crippen LogP contribution in [0.25, 0.3) is 0 Å². The molecule has 0 bridgehead atoms. The summed E-state index contributed by atoms with van der Waals surface area (Å²) in [7, 11) is 0. The van der Waals surface area contributed by atoms with Crippen LogP contribution in [0.1, 0.15) is 11.1 Å². The van der Waals surface area contributed by atoms with Crippen molar-refractivity contribution in [3.8, 4) is 0 Å². The molecule has 31 heavy (non-hydrogen) atoms. The number of halogens is 2. The average molecular weight is 434 g/mol. The van der Waals surface area contributed by atoms with E-state index in [4.69, 9.17) is 17.3 Å². The molecule has 0 fully saturated rings. The Hall–Kier alpha value is -3.64. The van der Waals surface area contributed by atoms with Gasteiger partial charge in [0.2, 0.25) is 0 Å². The second-order valence-corrected chi connectivity index (χ2v) is 7.45. The first kappa shape index (κ1) is 20.6. The summed E-state index contributed by atoms with van der Waals surface area (Å²) in [5.74, 6) is 0.553. The fraction of sp³-hybridized carbons (Fsp3) is 0.0833. The number of nitrogens with one attached hydrogen (secondary N) is 1. The highest BCUT2D eigenvalue weighted by molar-refractivity contribution is 6.31. The summed E-state index contributed by atoms with van der Waals surface area (Å²) in [5.41, 5.74) is 9.72. The molecule has 0 aliphatic heterocycles. The summed E-state index contributed by atoms with van der Waals surface area (Å²) in [5, 5.41) is 3.13. The fourth-order valence-corrected chi connectivity index (χ4v) is 3.44. The Balaban J connectivity index is 1.66. The summed E-state index contributed by atoms with van der Waals surface area (Å²) in [6.45, 7) is 1.25. The molecule has 0 unspecified atom stereocenters. The van der Waals surface area contributed by atoms with Crippen molar-refractivity contribution in [2.45, 2.75) is 13.1 Å². The second-order valence-electron chi connectivity index (χ2n) is 7.04. The molecule has 0 amide bonds. The Bertz CT molecular complexity index is 1110. The Morgan fingerprint density at radius 2 is 1.48 bits per heavy atom. The van der Waals surface area contributed by atoms with E-state index in [1.165, 1.54) is 18.5 Å². The van der Waals surface area contributed by atoms with Gasteiger partial charge in [0.25, 0.3) is 0 Å². The smallest absolute Gasteiger partial charge is 0.159 e. The van der Waals surface area contributed by atoms with Crippen molar-refractivity contribution < 1.29 is 4.39 Å². The van der Waals surface area contributed by atoms with Crippen molar-refractivity contribution in [1.82, 2.24) is 9.97 Å². The highest BCUT2D eigenvalue weighted by Gasteiger charge is 2.17. The number of anilines is 4. The van der Waals surface area contributed by atoms with Gasteiger partial charge in [0.15, 0.2) is 11.6 Å². The quantitative estimate of drug-likeness (QED) is 0.385. The van der Waals surface area contributed by atoms with Crippen LogP contribution in [0.2, 0.25) is 5.02 Å². The molecule has 0 saturated carbocycles. The van der Waals surface area contributed by atoms with Gasteiger partial charge in [0, 0.05) is 18.8 Å². The summed E-state index contributed by atoms with van der Waals surface area (Å²) in [6.07, 6.45) is 1.46. The molecule has 4 aromatic rings. The van der Waals surface area contributed by atoms with Crippen molar-refractivity contribution in [3.05, 3.63) is 107 Å². The van der Waals surface area contributed by atoms with Crippen LogP contribution in [-0.4, -0.2) is 9.97 Å². The zero-order valence-electron chi connectivity index (χ0n) is 16.7. The molecule has 1 heterocycles. The zero-order chi connectivity index (χ0) is 21.6. The van der Waals surface area contributed by atoms with Gasteiger partial charge in [-0.05, 0) is 29.3 Å². The summed E-state index contributed by atoms with van der Waals surface area (Å²) in [4.78, 5) is 10.8. The molecule has 3 aromatic carbocycles. The molecule has 0 atom stereocenters. The molecule has 1 aromatic heterocycles. The largest absolute Gasteiger partial charge is 0.393 e. The fourth-order valence-electron chi connectivity index (χ4n) is 3.26. The van der Waals surface area contributed by atoms with Crippen LogP contribution in [-0.2, 0) is 13.1 Å². The van der Waals surface area contributed by atoms with Crippen LogP contribution in [0.5, 0.6) is 0 Å². The van der Waals surface area contributed by atoms with E-state index in [0.29, 0.717) is 36.1 Å². The Kier molecular flexibility index (Phi) is 6.29. The van der Waals surface area contributed by atoms with Gasteiger partial charge < -0.3 is 16.0 Å². The van der Waals surface area contributed by atoms with E-state index in [-0.39, 0.29) is 5.02 Å². The minimum atomic E-state index is -0.486. The molecule has 0 radical (unpaired) electrons. The summed E-state index contributed by atoms with van der Waals surface area (Å²) in [6, 6.07) is 24.6. The predicted octanol–water partition coefficient (Wildman–Crippen LogP) is 5.80. The van der Waals surface area contributed by atoms with Crippen LogP contribution in [0.3, 0.4) is 0 Å². The lowest BCUT2D eigenvalue weighted by Gasteiger charge is -2.26. The van der Waals surface area contributed by atoms with Crippen LogP contribution in [0, 0.1) is 5.82 Å². The number of hydrogen-bond acceptors (Lipinski definition) is 5. The number of benzene rings is 3. The number of nitrogen functional groups attached to an aromatic ring is 1. The predicted molar refractivity (Wildman–Crippen MR) is 124 cm³/mol. The normalized spacial score (nSPS) is 10.6. The van der Waals surface area contributed by atoms with Gasteiger partial charge in [-0.3, -0.25) is 0 Å². The lowest BCUT2D eigenvalue weighted by Crippen LogP contribution is -2.24. The maximum Gasteiger partial charge on any atom is 0.159 e. The van der Waals surface area contributed by atoms with E-state index in [2.05, 4.69) is 44.5 Å². The molecule has 0 aliphatic rings. The number of nitrogens with zero attached hydrogens (tertiary/aromatic N) is 3. The standard InChI is InChI=1S/C24H21ClFN5/c25-20-13-19(11-12-21(20)26)30-23-22(27)24(29-16-28-23)31(14-17-7-3-1-4-8-17)15-18-9-5-2-6-10-18/h1-13,16H,14-15,27H2,(H,28,29,30). The first-order valence-electron chi connectivity index (χ1n) is 9.75. The van der Waals surface area contributed by atoms with Gasteiger partial charge in [0.05, 0.1) is 5.02 Å². The Morgan fingerprint density at radius 3 is 2.06 bits per heavy atom. The molecule has 3 N–H and O–H groups in total. The minimum Gasteiger partial charge on any atom is -0.393 e. The first-order valence-corrected chi connectivity index (χ1v) is 10.1. The SMILES string of the molecule is Nc1c(Nc2ccc(F)c(Cl)c2)ncnc1N(Cc1ccccc1)Cc1ccccc1. The van der Waals surface area contributed by atoms with Crippen LogP contribution in [0.4, 0.5) is 27.4 Å². The molecule has 5 nitrogen and oxygen atoms in total. The Morgan fingerprint density at radius 1 is 0.871 bits per heavy atom. The molecule has 156 valence electrons. The third-order valence-electron chi connectivity index (χ3n) is 4.78. The molecular formula is C24H21ClFN5. The molecule has 4 rings (SSSR count). The Labute approximate surface area is 185 Å². The second kappa shape index (κ2) is 9.45. The number of aromatic nitrogens is 2. The monoisotopic (exact) mass is 433 g/mol. The van der Waals surface area contributed by atoms with Crippen LogP contribution in [0.15, 0.2) is 85.2 Å². The van der Waals surface area contributed by atoms with Crippen molar-refractivity contribution >= 4 is 34.6 Å². The van der Waals surface area contributed by atoms with Crippen LogP contribution < -0.4 is 16.0 Å². The van der Waals surface area contributed by atoms with Crippen molar-refractivity contribution in [1.29, 1.82) is 0 Å². The third-order valence-corrected chi connectivity index (χ3v) is 5.07. The lowest BCUT2D eigenvalue weighted by atomic mass is 10.1. The van der Waals surface area contributed by atoms with E-state index < -0.39 is 5.82 Å². The van der Waals surface area contributed by atoms with Crippen molar-refractivity contribution in [2.75, 3.05) is 16.0 Å². The molecule has 7 heteroatoms. The van der Waals surface area contributed by atoms with E-state index in [1.54, 1.807) is 6.07 Å². The van der Waals surface area contributed by atoms with E-state index >= 15 is 0 Å². The lowest BCUT2D eigenvalue weighted by molar-refractivity contribution is 0.628. The number of nitrogens with two attached hydrogens (primary N) is 1. The molecule has 0 saturated heterocycles. The molecule has 0 aliphatic carbocycles. The van der Waals surface area contributed by atoms with Gasteiger partial charge in [0.1, 0.15) is 17.8 Å². The molecular weight excluding hydrogens is 413 g/mol. The van der Waals surface area contributed by atoms with E-state index in [0.717, 1.165) is 11.1 Å². The van der Waals surface area contributed by atoms with Crippen LogP contribution >= 0.6 is 11.6 Å². The topological polar surface area (TPSA) is 67.1 Å². The maximum absolute atomic E-state index is 13.5. The van der Waals surface area contributed by atoms with Crippen molar-refractivity contribution in [2.24, 2.45) is 0 Å². The summed E-state index contributed by atoms with van der Waals surface area (Å²) >= 11 is 5.89. The van der Waals surface area contributed by atoms with Gasteiger partial charge in [-0.1, -0.05) is 72.3 Å². The molecule has 0 spiro atoms. The average Bonchev–Trinajstić information content (AvgIpc) is 2.79. The van der Waals surface area contributed by atoms with E-state index in [9.17, 15) is 4.39 Å². The first-order chi connectivity index (χ1) is 15.1. The highest BCUT2D eigenvalue weighted by Crippen LogP contribution is 2.31.